The van der Waals surface area contributed by atoms with Gasteiger partial charge in [0, 0.05) is 59.3 Å². The van der Waals surface area contributed by atoms with Crippen molar-refractivity contribution in [2.45, 2.75) is 25.4 Å². The molecule has 1 aliphatic rings. The lowest BCUT2D eigenvalue weighted by molar-refractivity contribution is 0.129. The number of benzene rings is 2. The Kier molecular flexibility index (Phi) is 7.18. The molecule has 2 aromatic carbocycles. The van der Waals surface area contributed by atoms with Crippen molar-refractivity contribution in [3.8, 4) is 5.75 Å². The Balaban J connectivity index is 1.42. The molecule has 28 heavy (non-hydrogen) atoms. The largest absolute Gasteiger partial charge is 0.490 e. The lowest BCUT2D eigenvalue weighted by atomic mass is 10.1. The van der Waals surface area contributed by atoms with Crippen LogP contribution in [0.25, 0.3) is 0 Å². The molecule has 1 saturated heterocycles. The number of nitrogens with zero attached hydrogens (tertiary/aromatic N) is 3. The van der Waals surface area contributed by atoms with Gasteiger partial charge in [0.1, 0.15) is 11.9 Å². The number of ether oxygens (including phenoxy) is 1. The summed E-state index contributed by atoms with van der Waals surface area (Å²) in [5.74, 6) is 1.95. The van der Waals surface area contributed by atoms with Crippen LogP contribution >= 0.6 is 0 Å². The van der Waals surface area contributed by atoms with Crippen LogP contribution in [0, 0.1) is 0 Å². The van der Waals surface area contributed by atoms with E-state index in [0.29, 0.717) is 0 Å². The van der Waals surface area contributed by atoms with Crippen LogP contribution in [0.5, 0.6) is 5.75 Å². The minimum atomic E-state index is 0.284. The predicted molar refractivity (Wildman–Crippen MR) is 117 cm³/mol. The van der Waals surface area contributed by atoms with Gasteiger partial charge in [-0.2, -0.15) is 0 Å². The number of para-hydroxylation sites is 1. The maximum absolute atomic E-state index is 6.09. The van der Waals surface area contributed by atoms with Gasteiger partial charge in [0.05, 0.1) is 0 Å². The Labute approximate surface area is 169 Å². The molecule has 0 amide bonds. The Morgan fingerprint density at radius 3 is 2.36 bits per heavy atom. The summed E-state index contributed by atoms with van der Waals surface area (Å²) in [6.45, 7) is 2.82. The van der Waals surface area contributed by atoms with Crippen molar-refractivity contribution < 1.29 is 4.74 Å². The molecule has 1 fully saturated rings. The van der Waals surface area contributed by atoms with Gasteiger partial charge in [-0.25, -0.2) is 0 Å². The molecule has 3 rings (SSSR count). The first-order valence-electron chi connectivity index (χ1n) is 10.1. The minimum absolute atomic E-state index is 0.284. The molecule has 0 bridgehead atoms. The number of piperidine rings is 1. The molecule has 0 spiro atoms. The molecule has 150 valence electrons. The number of guanidine groups is 1. The second-order valence-corrected chi connectivity index (χ2v) is 7.40. The minimum Gasteiger partial charge on any atom is -0.490 e. The number of rotatable bonds is 6. The van der Waals surface area contributed by atoms with E-state index in [1.54, 1.807) is 0 Å². The SMILES string of the molecule is CN=C(NCCc1ccc(N(C)C)cc1)N1CCC(Oc2ccccc2)CC1. The van der Waals surface area contributed by atoms with Gasteiger partial charge in [-0.15, -0.1) is 0 Å². The van der Waals surface area contributed by atoms with E-state index in [2.05, 4.69) is 58.5 Å². The third-order valence-electron chi connectivity index (χ3n) is 5.15. The van der Waals surface area contributed by atoms with E-state index in [0.717, 1.165) is 50.6 Å². The monoisotopic (exact) mass is 380 g/mol. The lowest BCUT2D eigenvalue weighted by Gasteiger charge is -2.34. The Morgan fingerprint density at radius 1 is 1.07 bits per heavy atom. The van der Waals surface area contributed by atoms with Gasteiger partial charge >= 0.3 is 0 Å². The fraction of sp³-hybridized carbons (Fsp3) is 0.435. The molecule has 0 aromatic heterocycles. The van der Waals surface area contributed by atoms with E-state index in [4.69, 9.17) is 4.74 Å². The van der Waals surface area contributed by atoms with Crippen molar-refractivity contribution in [1.29, 1.82) is 0 Å². The summed E-state index contributed by atoms with van der Waals surface area (Å²) < 4.78 is 6.09. The van der Waals surface area contributed by atoms with Crippen LogP contribution < -0.4 is 15.0 Å². The molecular formula is C23H32N4O. The first-order chi connectivity index (χ1) is 13.7. The van der Waals surface area contributed by atoms with Crippen LogP contribution in [0.4, 0.5) is 5.69 Å². The van der Waals surface area contributed by atoms with Crippen molar-refractivity contribution >= 4 is 11.6 Å². The number of anilines is 1. The summed E-state index contributed by atoms with van der Waals surface area (Å²) in [5, 5.41) is 3.51. The summed E-state index contributed by atoms with van der Waals surface area (Å²) >= 11 is 0. The van der Waals surface area contributed by atoms with Gasteiger partial charge in [0.25, 0.3) is 0 Å². The highest BCUT2D eigenvalue weighted by Gasteiger charge is 2.22. The molecule has 5 heteroatoms. The summed E-state index contributed by atoms with van der Waals surface area (Å²) in [7, 11) is 5.99. The Bertz CT molecular complexity index is 735. The van der Waals surface area contributed by atoms with Crippen LogP contribution in [0.3, 0.4) is 0 Å². The molecule has 0 unspecified atom stereocenters. The van der Waals surface area contributed by atoms with Crippen molar-refractivity contribution in [2.24, 2.45) is 4.99 Å². The van der Waals surface area contributed by atoms with E-state index in [1.807, 2.05) is 37.4 Å². The van der Waals surface area contributed by atoms with E-state index < -0.39 is 0 Å². The number of hydrogen-bond donors (Lipinski definition) is 1. The van der Waals surface area contributed by atoms with Crippen LogP contribution in [0.2, 0.25) is 0 Å². The van der Waals surface area contributed by atoms with Gasteiger partial charge in [-0.3, -0.25) is 4.99 Å². The second-order valence-electron chi connectivity index (χ2n) is 7.40. The third-order valence-corrected chi connectivity index (χ3v) is 5.15. The van der Waals surface area contributed by atoms with Gasteiger partial charge < -0.3 is 19.9 Å². The third kappa shape index (κ3) is 5.65. The number of nitrogens with one attached hydrogen (secondary N) is 1. The normalized spacial score (nSPS) is 15.4. The second kappa shape index (κ2) is 10.0. The van der Waals surface area contributed by atoms with Crippen molar-refractivity contribution in [2.75, 3.05) is 45.7 Å². The van der Waals surface area contributed by atoms with Gasteiger partial charge in [0.15, 0.2) is 5.96 Å². The quantitative estimate of drug-likeness (QED) is 0.616. The zero-order valence-electron chi connectivity index (χ0n) is 17.3. The molecule has 5 nitrogen and oxygen atoms in total. The topological polar surface area (TPSA) is 40.1 Å². The fourth-order valence-electron chi connectivity index (χ4n) is 3.49. The Hall–Kier alpha value is -2.69. The highest BCUT2D eigenvalue weighted by molar-refractivity contribution is 5.80. The van der Waals surface area contributed by atoms with Crippen LogP contribution in [0.1, 0.15) is 18.4 Å². The van der Waals surface area contributed by atoms with Crippen LogP contribution in [0.15, 0.2) is 59.6 Å². The smallest absolute Gasteiger partial charge is 0.193 e. The first-order valence-corrected chi connectivity index (χ1v) is 10.1. The number of likely N-dealkylation sites (tertiary alicyclic amines) is 1. The fourth-order valence-corrected chi connectivity index (χ4v) is 3.49. The molecule has 1 heterocycles. The summed E-state index contributed by atoms with van der Waals surface area (Å²) in [6.07, 6.45) is 3.30. The molecule has 0 atom stereocenters. The highest BCUT2D eigenvalue weighted by atomic mass is 16.5. The van der Waals surface area contributed by atoms with E-state index >= 15 is 0 Å². The summed E-state index contributed by atoms with van der Waals surface area (Å²) in [6, 6.07) is 18.8. The van der Waals surface area contributed by atoms with Crippen LogP contribution in [-0.2, 0) is 6.42 Å². The highest BCUT2D eigenvalue weighted by Crippen LogP contribution is 2.18. The average Bonchev–Trinajstić information content (AvgIpc) is 2.73. The molecule has 1 N–H and O–H groups in total. The first kappa shape index (κ1) is 20.1. The van der Waals surface area contributed by atoms with E-state index in [-0.39, 0.29) is 6.10 Å². The molecule has 0 saturated carbocycles. The van der Waals surface area contributed by atoms with Crippen molar-refractivity contribution in [1.82, 2.24) is 10.2 Å². The summed E-state index contributed by atoms with van der Waals surface area (Å²) in [5.41, 5.74) is 2.57. The standard InChI is InChI=1S/C23H32N4O/c1-24-23(25-16-13-19-9-11-20(12-10-19)26(2)3)27-17-14-22(15-18-27)28-21-7-5-4-6-8-21/h4-12,22H,13-18H2,1-3H3,(H,24,25). The zero-order valence-corrected chi connectivity index (χ0v) is 17.3. The van der Waals surface area contributed by atoms with Gasteiger partial charge in [-0.1, -0.05) is 30.3 Å². The molecule has 0 aliphatic carbocycles. The van der Waals surface area contributed by atoms with Crippen LogP contribution in [-0.4, -0.2) is 57.7 Å². The van der Waals surface area contributed by atoms with E-state index in [1.165, 1.54) is 11.3 Å². The average molecular weight is 381 g/mol. The molecule has 1 aliphatic heterocycles. The maximum Gasteiger partial charge on any atom is 0.193 e. The molecule has 0 radical (unpaired) electrons. The Morgan fingerprint density at radius 2 is 1.75 bits per heavy atom. The molecule has 2 aromatic rings. The number of aliphatic imine (C=N–C) groups is 1. The van der Waals surface area contributed by atoms with Crippen molar-refractivity contribution in [3.63, 3.8) is 0 Å². The van der Waals surface area contributed by atoms with Gasteiger partial charge in [0.2, 0.25) is 0 Å². The van der Waals surface area contributed by atoms with Gasteiger partial charge in [-0.05, 0) is 36.2 Å². The lowest BCUT2D eigenvalue weighted by Crippen LogP contribution is -2.47. The summed E-state index contributed by atoms with van der Waals surface area (Å²) in [4.78, 5) is 8.93. The maximum atomic E-state index is 6.09. The number of hydrogen-bond acceptors (Lipinski definition) is 3. The van der Waals surface area contributed by atoms with E-state index in [9.17, 15) is 0 Å². The predicted octanol–water partition coefficient (Wildman–Crippen LogP) is 3.41. The van der Waals surface area contributed by atoms with Crippen molar-refractivity contribution in [3.05, 3.63) is 60.2 Å². The molecular weight excluding hydrogens is 348 g/mol. The zero-order chi connectivity index (χ0) is 19.8.